The lowest BCUT2D eigenvalue weighted by atomic mass is 10.1. The van der Waals surface area contributed by atoms with Crippen molar-refractivity contribution in [3.63, 3.8) is 0 Å². The number of aromatic nitrogens is 1. The maximum absolute atomic E-state index is 6.22. The highest BCUT2D eigenvalue weighted by Crippen LogP contribution is 2.36. The fraction of sp³-hybridized carbons (Fsp3) is 0.417. The van der Waals surface area contributed by atoms with E-state index in [1.54, 1.807) is 11.3 Å². The fourth-order valence-electron chi connectivity index (χ4n) is 1.84. The van der Waals surface area contributed by atoms with Crippen molar-refractivity contribution < 1.29 is 0 Å². The topological polar surface area (TPSA) is 24.9 Å². The Morgan fingerprint density at radius 2 is 2.22 bits per heavy atom. The van der Waals surface area contributed by atoms with Crippen molar-refractivity contribution in [2.75, 3.05) is 6.54 Å². The molecule has 0 aliphatic carbocycles. The lowest BCUT2D eigenvalue weighted by Crippen LogP contribution is -2.22. The second-order valence-corrected chi connectivity index (χ2v) is 7.30. The van der Waals surface area contributed by atoms with Crippen LogP contribution in [0.3, 0.4) is 0 Å². The molecule has 0 aliphatic rings. The summed E-state index contributed by atoms with van der Waals surface area (Å²) in [6.07, 6.45) is 0.838. The fourth-order valence-corrected chi connectivity index (χ4v) is 4.04. The van der Waals surface area contributed by atoms with Crippen LogP contribution in [0.4, 0.5) is 0 Å². The van der Waals surface area contributed by atoms with Crippen LogP contribution >= 0.6 is 45.9 Å². The van der Waals surface area contributed by atoms with E-state index in [0.29, 0.717) is 0 Å². The molecule has 0 spiro atoms. The predicted octanol–water partition coefficient (Wildman–Crippen LogP) is 4.71. The third kappa shape index (κ3) is 3.45. The Bertz CT molecular complexity index is 522. The van der Waals surface area contributed by atoms with Gasteiger partial charge in [-0.3, -0.25) is 0 Å². The average Bonchev–Trinajstić information content (AvgIpc) is 2.84. The van der Waals surface area contributed by atoms with Gasteiger partial charge in [-0.15, -0.1) is 22.7 Å². The SMILES string of the molecule is CCNC(Cc1csc(C)n1)c1cc(Cl)sc1Cl. The van der Waals surface area contributed by atoms with E-state index in [1.807, 2.05) is 13.0 Å². The lowest BCUT2D eigenvalue weighted by molar-refractivity contribution is 0.546. The van der Waals surface area contributed by atoms with Crippen LogP contribution in [0.1, 0.15) is 29.2 Å². The van der Waals surface area contributed by atoms with Crippen LogP contribution in [-0.2, 0) is 6.42 Å². The van der Waals surface area contributed by atoms with Gasteiger partial charge in [-0.05, 0) is 19.5 Å². The molecule has 0 radical (unpaired) electrons. The summed E-state index contributed by atoms with van der Waals surface area (Å²) in [7, 11) is 0. The summed E-state index contributed by atoms with van der Waals surface area (Å²) in [6, 6.07) is 2.12. The number of thiazole rings is 1. The van der Waals surface area contributed by atoms with Crippen LogP contribution in [0.25, 0.3) is 0 Å². The number of nitrogens with zero attached hydrogens (tertiary/aromatic N) is 1. The molecule has 2 heterocycles. The zero-order valence-electron chi connectivity index (χ0n) is 10.2. The van der Waals surface area contributed by atoms with Gasteiger partial charge in [-0.2, -0.15) is 0 Å². The van der Waals surface area contributed by atoms with E-state index in [0.717, 1.165) is 37.9 Å². The van der Waals surface area contributed by atoms with Crippen molar-refractivity contribution in [1.82, 2.24) is 10.3 Å². The highest BCUT2D eigenvalue weighted by molar-refractivity contribution is 7.20. The average molecular weight is 321 g/mol. The van der Waals surface area contributed by atoms with E-state index >= 15 is 0 Å². The van der Waals surface area contributed by atoms with Gasteiger partial charge in [0.05, 0.1) is 19.4 Å². The van der Waals surface area contributed by atoms with Gasteiger partial charge < -0.3 is 5.32 Å². The monoisotopic (exact) mass is 320 g/mol. The molecule has 0 aliphatic heterocycles. The van der Waals surface area contributed by atoms with Gasteiger partial charge in [0.1, 0.15) is 0 Å². The smallest absolute Gasteiger partial charge is 0.0992 e. The lowest BCUT2D eigenvalue weighted by Gasteiger charge is -2.16. The molecule has 0 saturated carbocycles. The van der Waals surface area contributed by atoms with Crippen molar-refractivity contribution in [2.24, 2.45) is 0 Å². The van der Waals surface area contributed by atoms with Crippen LogP contribution in [0, 0.1) is 6.92 Å². The summed E-state index contributed by atoms with van der Waals surface area (Å²) in [6.45, 7) is 4.99. The van der Waals surface area contributed by atoms with E-state index in [-0.39, 0.29) is 6.04 Å². The van der Waals surface area contributed by atoms with Gasteiger partial charge in [-0.1, -0.05) is 30.1 Å². The van der Waals surface area contributed by atoms with Crippen molar-refractivity contribution in [3.8, 4) is 0 Å². The number of rotatable bonds is 5. The third-order valence-corrected chi connectivity index (χ3v) is 4.93. The van der Waals surface area contributed by atoms with Gasteiger partial charge in [0.15, 0.2) is 0 Å². The van der Waals surface area contributed by atoms with Crippen LogP contribution in [0.15, 0.2) is 11.4 Å². The Balaban J connectivity index is 2.20. The number of nitrogens with one attached hydrogen (secondary N) is 1. The molecule has 1 atom stereocenters. The molecule has 6 heteroatoms. The first-order valence-corrected chi connectivity index (χ1v) is 8.14. The molecule has 1 N–H and O–H groups in total. The molecule has 0 fully saturated rings. The zero-order valence-corrected chi connectivity index (χ0v) is 13.3. The van der Waals surface area contributed by atoms with Crippen molar-refractivity contribution in [3.05, 3.63) is 36.4 Å². The summed E-state index contributed by atoms with van der Waals surface area (Å²) >= 11 is 15.3. The van der Waals surface area contributed by atoms with E-state index in [2.05, 4.69) is 22.6 Å². The Morgan fingerprint density at radius 3 is 2.72 bits per heavy atom. The number of aryl methyl sites for hydroxylation is 1. The first-order valence-electron chi connectivity index (χ1n) is 5.69. The predicted molar refractivity (Wildman–Crippen MR) is 81.3 cm³/mol. The van der Waals surface area contributed by atoms with E-state index in [4.69, 9.17) is 23.2 Å². The molecule has 0 bridgehead atoms. The van der Waals surface area contributed by atoms with Gasteiger partial charge in [-0.25, -0.2) is 4.98 Å². The molecule has 2 rings (SSSR count). The molecular formula is C12H14Cl2N2S2. The summed E-state index contributed by atoms with van der Waals surface area (Å²) in [5.74, 6) is 0. The summed E-state index contributed by atoms with van der Waals surface area (Å²) < 4.78 is 1.49. The zero-order chi connectivity index (χ0) is 13.1. The largest absolute Gasteiger partial charge is 0.310 e. The molecule has 2 aromatic rings. The first-order chi connectivity index (χ1) is 8.60. The van der Waals surface area contributed by atoms with Gasteiger partial charge in [0.25, 0.3) is 0 Å². The minimum Gasteiger partial charge on any atom is -0.310 e. The molecule has 0 amide bonds. The molecule has 18 heavy (non-hydrogen) atoms. The highest BCUT2D eigenvalue weighted by Gasteiger charge is 2.18. The Labute approximate surface area is 125 Å². The second-order valence-electron chi connectivity index (χ2n) is 3.95. The molecule has 1 unspecified atom stereocenters. The number of hydrogen-bond acceptors (Lipinski definition) is 4. The van der Waals surface area contributed by atoms with Crippen LogP contribution in [0.5, 0.6) is 0 Å². The van der Waals surface area contributed by atoms with Crippen molar-refractivity contribution >= 4 is 45.9 Å². The molecule has 2 aromatic heterocycles. The number of hydrogen-bond donors (Lipinski definition) is 1. The quantitative estimate of drug-likeness (QED) is 0.862. The third-order valence-electron chi connectivity index (χ3n) is 2.59. The maximum Gasteiger partial charge on any atom is 0.0992 e. The van der Waals surface area contributed by atoms with Crippen LogP contribution in [-0.4, -0.2) is 11.5 Å². The van der Waals surface area contributed by atoms with Crippen molar-refractivity contribution in [2.45, 2.75) is 26.3 Å². The normalized spacial score (nSPS) is 12.9. The second kappa shape index (κ2) is 6.35. The van der Waals surface area contributed by atoms with Gasteiger partial charge in [0, 0.05) is 23.4 Å². The summed E-state index contributed by atoms with van der Waals surface area (Å²) in [5.41, 5.74) is 2.17. The van der Waals surface area contributed by atoms with E-state index < -0.39 is 0 Å². The molecule has 0 aromatic carbocycles. The highest BCUT2D eigenvalue weighted by atomic mass is 35.5. The van der Waals surface area contributed by atoms with E-state index in [9.17, 15) is 0 Å². The van der Waals surface area contributed by atoms with E-state index in [1.165, 1.54) is 11.3 Å². The van der Waals surface area contributed by atoms with Crippen LogP contribution < -0.4 is 5.32 Å². The summed E-state index contributed by atoms with van der Waals surface area (Å²) in [5, 5.41) is 6.63. The minimum absolute atomic E-state index is 0.174. The standard InChI is InChI=1S/C12H14Cl2N2S2/c1-3-15-10(4-8-6-17-7(2)16-8)9-5-11(13)18-12(9)14/h5-6,10,15H,3-4H2,1-2H3. The summed E-state index contributed by atoms with van der Waals surface area (Å²) in [4.78, 5) is 4.50. The maximum atomic E-state index is 6.22. The first kappa shape index (κ1) is 14.3. The van der Waals surface area contributed by atoms with Gasteiger partial charge in [0.2, 0.25) is 0 Å². The minimum atomic E-state index is 0.174. The molecule has 0 saturated heterocycles. The Kier molecular flexibility index (Phi) is 5.04. The van der Waals surface area contributed by atoms with Gasteiger partial charge >= 0.3 is 0 Å². The number of likely N-dealkylation sites (N-methyl/N-ethyl adjacent to an activating group) is 1. The number of halogens is 2. The molecule has 2 nitrogen and oxygen atoms in total. The van der Waals surface area contributed by atoms with Crippen molar-refractivity contribution in [1.29, 1.82) is 0 Å². The molecule has 98 valence electrons. The Morgan fingerprint density at radius 1 is 1.44 bits per heavy atom. The molecular weight excluding hydrogens is 307 g/mol. The van der Waals surface area contributed by atoms with Crippen LogP contribution in [0.2, 0.25) is 8.67 Å². The Hall–Kier alpha value is -0.130. The number of thiophene rings is 1.